The number of fused-ring (bicyclic) bond motifs is 1. The molecule has 0 radical (unpaired) electrons. The Labute approximate surface area is 154 Å². The van der Waals surface area contributed by atoms with Gasteiger partial charge in [-0.2, -0.15) is 0 Å². The number of amides is 1. The Balaban J connectivity index is 2.01. The topological polar surface area (TPSA) is 64.6 Å². The number of ether oxygens (including phenoxy) is 2. The Morgan fingerprint density at radius 2 is 1.72 bits per heavy atom. The van der Waals surface area contributed by atoms with E-state index in [1.54, 1.807) is 43.5 Å². The number of hydrogen-bond acceptors (Lipinski definition) is 4. The molecular weight excluding hydrogens is 365 g/mol. The standard InChI is InChI=1S/C18H15Cl2NO4/c1-24-11-5-3-10(4-6-11)14(22)9-18(25-2)15-12(19)7-8-13(20)16(15)21-17(18)23/h3-8H,9H2,1-2H3,(H,21,23). The van der Waals surface area contributed by atoms with Crippen molar-refractivity contribution in [1.29, 1.82) is 0 Å². The van der Waals surface area contributed by atoms with Crippen LogP contribution in [0.4, 0.5) is 5.69 Å². The van der Waals surface area contributed by atoms with Crippen LogP contribution in [0.2, 0.25) is 10.0 Å². The second-order valence-electron chi connectivity index (χ2n) is 5.59. The molecule has 2 aromatic rings. The van der Waals surface area contributed by atoms with Crippen molar-refractivity contribution < 1.29 is 19.1 Å². The second-order valence-corrected chi connectivity index (χ2v) is 6.41. The largest absolute Gasteiger partial charge is 0.497 e. The first-order valence-electron chi connectivity index (χ1n) is 7.45. The Kier molecular flexibility index (Phi) is 4.73. The van der Waals surface area contributed by atoms with Crippen molar-refractivity contribution in [1.82, 2.24) is 0 Å². The summed E-state index contributed by atoms with van der Waals surface area (Å²) < 4.78 is 10.6. The third-order valence-corrected chi connectivity index (χ3v) is 4.91. The lowest BCUT2D eigenvalue weighted by molar-refractivity contribution is -0.137. The summed E-state index contributed by atoms with van der Waals surface area (Å²) in [6.45, 7) is 0. The number of methoxy groups -OCH3 is 2. The van der Waals surface area contributed by atoms with Gasteiger partial charge in [0.1, 0.15) is 5.75 Å². The van der Waals surface area contributed by atoms with Gasteiger partial charge in [0.2, 0.25) is 0 Å². The van der Waals surface area contributed by atoms with Crippen molar-refractivity contribution in [3.8, 4) is 5.75 Å². The van der Waals surface area contributed by atoms with Crippen LogP contribution in [0.5, 0.6) is 5.75 Å². The molecule has 7 heteroatoms. The van der Waals surface area contributed by atoms with Gasteiger partial charge in [0, 0.05) is 23.3 Å². The molecule has 0 aromatic heterocycles. The van der Waals surface area contributed by atoms with Crippen LogP contribution in [0.25, 0.3) is 0 Å². The highest BCUT2D eigenvalue weighted by molar-refractivity contribution is 6.38. The van der Waals surface area contributed by atoms with E-state index < -0.39 is 11.5 Å². The highest BCUT2D eigenvalue weighted by Crippen LogP contribution is 2.48. The molecular formula is C18H15Cl2NO4. The fraction of sp³-hybridized carbons (Fsp3) is 0.222. The molecule has 3 rings (SSSR count). The lowest BCUT2D eigenvalue weighted by Crippen LogP contribution is -2.38. The van der Waals surface area contributed by atoms with Gasteiger partial charge in [0.05, 0.1) is 24.2 Å². The van der Waals surface area contributed by atoms with Crippen LogP contribution in [-0.2, 0) is 15.1 Å². The summed E-state index contributed by atoms with van der Waals surface area (Å²) in [5.74, 6) is -0.0952. The number of halogens is 2. The third kappa shape index (κ3) is 2.88. The molecule has 1 atom stereocenters. The van der Waals surface area contributed by atoms with E-state index in [1.165, 1.54) is 7.11 Å². The van der Waals surface area contributed by atoms with E-state index in [4.69, 9.17) is 32.7 Å². The molecule has 1 aliphatic rings. The number of carbonyl (C=O) groups excluding carboxylic acids is 2. The molecule has 5 nitrogen and oxygen atoms in total. The normalized spacial score (nSPS) is 18.6. The van der Waals surface area contributed by atoms with Crippen LogP contribution in [0.1, 0.15) is 22.3 Å². The van der Waals surface area contributed by atoms with Gasteiger partial charge in [0.25, 0.3) is 5.91 Å². The number of hydrogen-bond donors (Lipinski definition) is 1. The van der Waals surface area contributed by atoms with Crippen LogP contribution < -0.4 is 10.1 Å². The van der Waals surface area contributed by atoms with E-state index in [0.29, 0.717) is 32.6 Å². The molecule has 25 heavy (non-hydrogen) atoms. The zero-order valence-corrected chi connectivity index (χ0v) is 15.1. The number of anilines is 1. The van der Waals surface area contributed by atoms with Crippen molar-refractivity contribution in [2.24, 2.45) is 0 Å². The van der Waals surface area contributed by atoms with Crippen LogP contribution in [0.3, 0.4) is 0 Å². The minimum atomic E-state index is -1.52. The van der Waals surface area contributed by atoms with E-state index in [-0.39, 0.29) is 12.2 Å². The Hall–Kier alpha value is -2.08. The molecule has 0 saturated heterocycles. The smallest absolute Gasteiger partial charge is 0.261 e. The summed E-state index contributed by atoms with van der Waals surface area (Å²) in [5.41, 5.74) is -0.315. The second kappa shape index (κ2) is 6.67. The van der Waals surface area contributed by atoms with Crippen LogP contribution in [-0.4, -0.2) is 25.9 Å². The number of benzene rings is 2. The van der Waals surface area contributed by atoms with Gasteiger partial charge in [-0.05, 0) is 36.4 Å². The van der Waals surface area contributed by atoms with Gasteiger partial charge in [-0.25, -0.2) is 0 Å². The maximum atomic E-state index is 12.7. The summed E-state index contributed by atoms with van der Waals surface area (Å²) in [7, 11) is 2.91. The van der Waals surface area contributed by atoms with E-state index in [0.717, 1.165) is 0 Å². The summed E-state index contributed by atoms with van der Waals surface area (Å²) in [4.78, 5) is 25.4. The Morgan fingerprint density at radius 1 is 1.08 bits per heavy atom. The molecule has 1 heterocycles. The van der Waals surface area contributed by atoms with Gasteiger partial charge in [0.15, 0.2) is 11.4 Å². The number of Topliss-reactive ketones (excluding diaryl/α,β-unsaturated/α-hetero) is 1. The maximum absolute atomic E-state index is 12.7. The lowest BCUT2D eigenvalue weighted by atomic mass is 9.87. The molecule has 1 unspecified atom stereocenters. The zero-order chi connectivity index (χ0) is 18.2. The van der Waals surface area contributed by atoms with E-state index in [9.17, 15) is 9.59 Å². The average Bonchev–Trinajstić information content (AvgIpc) is 2.92. The zero-order valence-electron chi connectivity index (χ0n) is 13.6. The summed E-state index contributed by atoms with van der Waals surface area (Å²) in [6, 6.07) is 9.79. The van der Waals surface area contributed by atoms with E-state index in [1.807, 2.05) is 0 Å². The van der Waals surface area contributed by atoms with Crippen molar-refractivity contribution >= 4 is 40.6 Å². The van der Waals surface area contributed by atoms with Gasteiger partial charge < -0.3 is 14.8 Å². The monoisotopic (exact) mass is 379 g/mol. The van der Waals surface area contributed by atoms with Gasteiger partial charge in [-0.15, -0.1) is 0 Å². The van der Waals surface area contributed by atoms with Crippen molar-refractivity contribution in [2.75, 3.05) is 19.5 Å². The van der Waals surface area contributed by atoms with E-state index >= 15 is 0 Å². The van der Waals surface area contributed by atoms with Crippen LogP contribution in [0, 0.1) is 0 Å². The predicted octanol–water partition coefficient (Wildman–Crippen LogP) is 4.07. The molecule has 0 fully saturated rings. The van der Waals surface area contributed by atoms with Crippen molar-refractivity contribution in [2.45, 2.75) is 12.0 Å². The molecule has 0 spiro atoms. The first kappa shape index (κ1) is 17.7. The average molecular weight is 380 g/mol. The minimum Gasteiger partial charge on any atom is -0.497 e. The van der Waals surface area contributed by atoms with Crippen molar-refractivity contribution in [3.05, 3.63) is 57.6 Å². The molecule has 1 aliphatic heterocycles. The van der Waals surface area contributed by atoms with E-state index in [2.05, 4.69) is 5.32 Å². The Bertz CT molecular complexity index is 851. The SMILES string of the molecule is COc1ccc(C(=O)CC2(OC)C(=O)Nc3c(Cl)ccc(Cl)c32)cc1. The summed E-state index contributed by atoms with van der Waals surface area (Å²) in [5, 5.41) is 3.32. The molecule has 0 aliphatic carbocycles. The van der Waals surface area contributed by atoms with Crippen LogP contribution >= 0.6 is 23.2 Å². The molecule has 0 saturated carbocycles. The van der Waals surface area contributed by atoms with Gasteiger partial charge in [-0.3, -0.25) is 9.59 Å². The summed E-state index contributed by atoms with van der Waals surface area (Å²) >= 11 is 12.4. The van der Waals surface area contributed by atoms with Crippen molar-refractivity contribution in [3.63, 3.8) is 0 Å². The van der Waals surface area contributed by atoms with Gasteiger partial charge >= 0.3 is 0 Å². The number of ketones is 1. The first-order chi connectivity index (χ1) is 11.9. The third-order valence-electron chi connectivity index (χ3n) is 4.28. The van der Waals surface area contributed by atoms with Crippen LogP contribution in [0.15, 0.2) is 36.4 Å². The van der Waals surface area contributed by atoms with Gasteiger partial charge in [-0.1, -0.05) is 23.2 Å². The highest BCUT2D eigenvalue weighted by Gasteiger charge is 2.51. The number of rotatable bonds is 5. The Morgan fingerprint density at radius 3 is 2.32 bits per heavy atom. The molecule has 130 valence electrons. The minimum absolute atomic E-state index is 0.200. The molecule has 0 bridgehead atoms. The molecule has 2 aromatic carbocycles. The predicted molar refractivity (Wildman–Crippen MR) is 95.7 cm³/mol. The first-order valence-corrected chi connectivity index (χ1v) is 8.21. The fourth-order valence-electron chi connectivity index (χ4n) is 2.94. The fourth-order valence-corrected chi connectivity index (χ4v) is 3.45. The maximum Gasteiger partial charge on any atom is 0.261 e. The summed E-state index contributed by atoms with van der Waals surface area (Å²) in [6.07, 6.45) is -0.200. The lowest BCUT2D eigenvalue weighted by Gasteiger charge is -2.26. The highest BCUT2D eigenvalue weighted by atomic mass is 35.5. The number of nitrogens with one attached hydrogen (secondary N) is 1. The number of carbonyl (C=O) groups is 2. The molecule has 1 N–H and O–H groups in total. The quantitative estimate of drug-likeness (QED) is 0.795. The molecule has 1 amide bonds.